The second kappa shape index (κ2) is 7.71. The van der Waals surface area contributed by atoms with E-state index in [-0.39, 0.29) is 11.6 Å². The number of anilines is 2. The van der Waals surface area contributed by atoms with E-state index < -0.39 is 0 Å². The summed E-state index contributed by atoms with van der Waals surface area (Å²) in [5, 5.41) is 2.84. The largest absolute Gasteiger partial charge is 0.486 e. The summed E-state index contributed by atoms with van der Waals surface area (Å²) in [5.74, 6) is 1.45. The van der Waals surface area contributed by atoms with Crippen LogP contribution >= 0.6 is 0 Å². The molecule has 0 aliphatic carbocycles. The highest BCUT2D eigenvalue weighted by atomic mass is 16.6. The summed E-state index contributed by atoms with van der Waals surface area (Å²) in [6, 6.07) is 6.92. The third-order valence-corrected chi connectivity index (χ3v) is 4.62. The van der Waals surface area contributed by atoms with E-state index >= 15 is 0 Å². The molecular formula is C19H21N5O4. The molecule has 0 bridgehead atoms. The van der Waals surface area contributed by atoms with Gasteiger partial charge >= 0.3 is 0 Å². The van der Waals surface area contributed by atoms with Gasteiger partial charge in [0.25, 0.3) is 5.91 Å². The van der Waals surface area contributed by atoms with E-state index in [1.807, 2.05) is 11.8 Å². The van der Waals surface area contributed by atoms with Crippen LogP contribution < -0.4 is 19.7 Å². The van der Waals surface area contributed by atoms with E-state index in [0.717, 1.165) is 6.41 Å². The SMILES string of the molecule is Cc1cc(C(=O)Nc2ccc3c(c2)OCCO3)nc(N2CCN(C=O)CC2)n1. The summed E-state index contributed by atoms with van der Waals surface area (Å²) in [6.07, 6.45) is 0.848. The van der Waals surface area contributed by atoms with Gasteiger partial charge in [-0.3, -0.25) is 9.59 Å². The molecule has 1 aromatic carbocycles. The Kier molecular flexibility index (Phi) is 4.96. The zero-order chi connectivity index (χ0) is 19.5. The van der Waals surface area contributed by atoms with Crippen LogP contribution in [0, 0.1) is 6.92 Å². The van der Waals surface area contributed by atoms with Crippen LogP contribution in [0.1, 0.15) is 16.2 Å². The minimum atomic E-state index is -0.324. The molecule has 2 aliphatic heterocycles. The lowest BCUT2D eigenvalue weighted by atomic mass is 10.2. The number of carbonyl (C=O) groups is 2. The average molecular weight is 383 g/mol. The van der Waals surface area contributed by atoms with Crippen molar-refractivity contribution in [2.45, 2.75) is 6.92 Å². The predicted molar refractivity (Wildman–Crippen MR) is 102 cm³/mol. The first-order valence-electron chi connectivity index (χ1n) is 9.13. The molecule has 2 aromatic rings. The first kappa shape index (κ1) is 18.0. The quantitative estimate of drug-likeness (QED) is 0.790. The van der Waals surface area contributed by atoms with Crippen LogP contribution in [-0.4, -0.2) is 66.6 Å². The molecule has 3 heterocycles. The maximum absolute atomic E-state index is 12.7. The number of fused-ring (bicyclic) bond motifs is 1. The summed E-state index contributed by atoms with van der Waals surface area (Å²) < 4.78 is 11.0. The van der Waals surface area contributed by atoms with Crippen molar-refractivity contribution < 1.29 is 19.1 Å². The number of amides is 2. The maximum atomic E-state index is 12.7. The molecule has 9 nitrogen and oxygen atoms in total. The van der Waals surface area contributed by atoms with Gasteiger partial charge in [-0.05, 0) is 25.1 Å². The van der Waals surface area contributed by atoms with Crippen molar-refractivity contribution in [2.75, 3.05) is 49.6 Å². The molecule has 9 heteroatoms. The second-order valence-corrected chi connectivity index (χ2v) is 6.64. The number of nitrogens with zero attached hydrogens (tertiary/aromatic N) is 4. The number of aromatic nitrogens is 2. The zero-order valence-electron chi connectivity index (χ0n) is 15.6. The summed E-state index contributed by atoms with van der Waals surface area (Å²) in [4.78, 5) is 36.2. The van der Waals surface area contributed by atoms with Gasteiger partial charge in [-0.15, -0.1) is 0 Å². The lowest BCUT2D eigenvalue weighted by Gasteiger charge is -2.32. The van der Waals surface area contributed by atoms with E-state index in [9.17, 15) is 9.59 Å². The fraction of sp³-hybridized carbons (Fsp3) is 0.368. The number of hydrogen-bond donors (Lipinski definition) is 1. The van der Waals surface area contributed by atoms with Gasteiger partial charge in [0.1, 0.15) is 18.9 Å². The van der Waals surface area contributed by atoms with Gasteiger partial charge in [0.2, 0.25) is 12.4 Å². The number of nitrogens with one attached hydrogen (secondary N) is 1. The van der Waals surface area contributed by atoms with Crippen LogP contribution in [-0.2, 0) is 4.79 Å². The molecule has 0 saturated carbocycles. The molecule has 4 rings (SSSR count). The van der Waals surface area contributed by atoms with Crippen LogP contribution in [0.5, 0.6) is 11.5 Å². The number of aryl methyl sites for hydroxylation is 1. The van der Waals surface area contributed by atoms with Crippen LogP contribution in [0.25, 0.3) is 0 Å². The molecule has 0 radical (unpaired) electrons. The minimum Gasteiger partial charge on any atom is -0.486 e. The smallest absolute Gasteiger partial charge is 0.274 e. The molecule has 0 unspecified atom stereocenters. The van der Waals surface area contributed by atoms with Crippen LogP contribution in [0.2, 0.25) is 0 Å². The van der Waals surface area contributed by atoms with Gasteiger partial charge in [-0.25, -0.2) is 9.97 Å². The van der Waals surface area contributed by atoms with E-state index in [1.54, 1.807) is 29.2 Å². The predicted octanol–water partition coefficient (Wildman–Crippen LogP) is 1.09. The third-order valence-electron chi connectivity index (χ3n) is 4.62. The van der Waals surface area contributed by atoms with Gasteiger partial charge in [0, 0.05) is 43.6 Å². The van der Waals surface area contributed by atoms with E-state index in [4.69, 9.17) is 9.47 Å². The number of hydrogen-bond acceptors (Lipinski definition) is 7. The zero-order valence-corrected chi connectivity index (χ0v) is 15.6. The summed E-state index contributed by atoms with van der Waals surface area (Å²) >= 11 is 0. The van der Waals surface area contributed by atoms with Gasteiger partial charge in [-0.1, -0.05) is 0 Å². The van der Waals surface area contributed by atoms with Crippen LogP contribution in [0.15, 0.2) is 24.3 Å². The Bertz CT molecular complexity index is 896. The number of rotatable bonds is 4. The molecule has 2 aliphatic rings. The molecule has 0 atom stereocenters. The Labute approximate surface area is 162 Å². The number of carbonyl (C=O) groups excluding carboxylic acids is 2. The second-order valence-electron chi connectivity index (χ2n) is 6.64. The third kappa shape index (κ3) is 3.83. The van der Waals surface area contributed by atoms with Gasteiger partial charge in [0.15, 0.2) is 11.5 Å². The molecule has 1 N–H and O–H groups in total. The molecule has 0 spiro atoms. The molecule has 28 heavy (non-hydrogen) atoms. The Morgan fingerprint density at radius 3 is 2.57 bits per heavy atom. The molecule has 1 aromatic heterocycles. The first-order chi connectivity index (χ1) is 13.6. The van der Waals surface area contributed by atoms with Crippen molar-refractivity contribution in [2.24, 2.45) is 0 Å². The number of ether oxygens (including phenoxy) is 2. The average Bonchev–Trinajstić information content (AvgIpc) is 2.73. The molecule has 1 saturated heterocycles. The van der Waals surface area contributed by atoms with Crippen molar-refractivity contribution in [1.29, 1.82) is 0 Å². The lowest BCUT2D eigenvalue weighted by molar-refractivity contribution is -0.118. The minimum absolute atomic E-state index is 0.287. The van der Waals surface area contributed by atoms with Crippen LogP contribution in [0.4, 0.5) is 11.6 Å². The van der Waals surface area contributed by atoms with E-state index in [1.165, 1.54) is 0 Å². The first-order valence-corrected chi connectivity index (χ1v) is 9.13. The molecule has 1 fully saturated rings. The van der Waals surface area contributed by atoms with Gasteiger partial charge in [-0.2, -0.15) is 0 Å². The standard InChI is InChI=1S/C19H21N5O4/c1-13-10-15(22-19(20-13)24-6-4-23(12-25)5-7-24)18(26)21-14-2-3-16-17(11-14)28-9-8-27-16/h2-3,10-12H,4-9H2,1H3,(H,21,26). The van der Waals surface area contributed by atoms with Crippen molar-refractivity contribution in [3.05, 3.63) is 35.7 Å². The summed E-state index contributed by atoms with van der Waals surface area (Å²) in [6.45, 7) is 5.31. The highest BCUT2D eigenvalue weighted by Gasteiger charge is 2.20. The Morgan fingerprint density at radius 2 is 1.82 bits per heavy atom. The number of piperazine rings is 1. The Morgan fingerprint density at radius 1 is 1.07 bits per heavy atom. The molecular weight excluding hydrogens is 362 g/mol. The molecule has 146 valence electrons. The van der Waals surface area contributed by atoms with Gasteiger partial charge in [0.05, 0.1) is 0 Å². The van der Waals surface area contributed by atoms with E-state index in [0.29, 0.717) is 68.2 Å². The summed E-state index contributed by atoms with van der Waals surface area (Å²) in [7, 11) is 0. The highest BCUT2D eigenvalue weighted by molar-refractivity contribution is 6.03. The van der Waals surface area contributed by atoms with Crippen molar-refractivity contribution in [1.82, 2.24) is 14.9 Å². The summed E-state index contributed by atoms with van der Waals surface area (Å²) in [5.41, 5.74) is 1.59. The highest BCUT2D eigenvalue weighted by Crippen LogP contribution is 2.32. The Balaban J connectivity index is 1.50. The van der Waals surface area contributed by atoms with Gasteiger partial charge < -0.3 is 24.6 Å². The maximum Gasteiger partial charge on any atom is 0.274 e. The molecule has 2 amide bonds. The number of benzene rings is 1. The van der Waals surface area contributed by atoms with Crippen molar-refractivity contribution >= 4 is 24.0 Å². The van der Waals surface area contributed by atoms with E-state index in [2.05, 4.69) is 15.3 Å². The van der Waals surface area contributed by atoms with Crippen LogP contribution in [0.3, 0.4) is 0 Å². The monoisotopic (exact) mass is 383 g/mol. The topological polar surface area (TPSA) is 96.9 Å². The fourth-order valence-corrected chi connectivity index (χ4v) is 3.15. The normalized spacial score (nSPS) is 15.9. The lowest BCUT2D eigenvalue weighted by Crippen LogP contribution is -2.46. The Hall–Kier alpha value is -3.36. The van der Waals surface area contributed by atoms with Crippen molar-refractivity contribution in [3.63, 3.8) is 0 Å². The van der Waals surface area contributed by atoms with Crippen molar-refractivity contribution in [3.8, 4) is 11.5 Å². The fourth-order valence-electron chi connectivity index (χ4n) is 3.15.